The van der Waals surface area contributed by atoms with E-state index in [9.17, 15) is 9.59 Å². The Morgan fingerprint density at radius 1 is 0.692 bits per heavy atom. The zero-order valence-electron chi connectivity index (χ0n) is 17.3. The highest BCUT2D eigenvalue weighted by molar-refractivity contribution is 5.68. The van der Waals surface area contributed by atoms with Crippen molar-refractivity contribution in [3.8, 4) is 0 Å². The molecule has 4 nitrogen and oxygen atoms in total. The first kappa shape index (κ1) is 24.7. The standard InChI is InChI=1S/C22H40O4/c1-4-5-6-7-8-9-10-11-12-13-14-15-16-17-18-19-22(25-20(2)23)26-21(3)24/h11-12,22H,4-10,13-19H2,1-3H3/b12-11-. The summed E-state index contributed by atoms with van der Waals surface area (Å²) in [5, 5.41) is 0. The molecule has 152 valence electrons. The molecule has 0 radical (unpaired) electrons. The van der Waals surface area contributed by atoms with Crippen molar-refractivity contribution in [2.75, 3.05) is 0 Å². The normalized spacial score (nSPS) is 11.2. The van der Waals surface area contributed by atoms with Gasteiger partial charge < -0.3 is 9.47 Å². The Morgan fingerprint density at radius 3 is 1.58 bits per heavy atom. The Bertz CT molecular complexity index is 360. The second-order valence-corrected chi connectivity index (χ2v) is 7.02. The molecular formula is C22H40O4. The van der Waals surface area contributed by atoms with E-state index >= 15 is 0 Å². The van der Waals surface area contributed by atoms with E-state index in [1.165, 1.54) is 78.1 Å². The number of allylic oxidation sites excluding steroid dienone is 2. The summed E-state index contributed by atoms with van der Waals surface area (Å²) in [5.41, 5.74) is 0. The van der Waals surface area contributed by atoms with E-state index in [1.54, 1.807) is 0 Å². The van der Waals surface area contributed by atoms with Crippen molar-refractivity contribution in [1.82, 2.24) is 0 Å². The number of esters is 2. The number of ether oxygens (including phenoxy) is 2. The Kier molecular flexibility index (Phi) is 17.5. The maximum absolute atomic E-state index is 11.0. The van der Waals surface area contributed by atoms with Gasteiger partial charge in [-0.2, -0.15) is 0 Å². The lowest BCUT2D eigenvalue weighted by atomic mass is 10.1. The van der Waals surface area contributed by atoms with Crippen LogP contribution in [-0.4, -0.2) is 18.2 Å². The van der Waals surface area contributed by atoms with Gasteiger partial charge >= 0.3 is 11.9 Å². The van der Waals surface area contributed by atoms with Crippen LogP contribution in [0.1, 0.15) is 111 Å². The van der Waals surface area contributed by atoms with E-state index in [-0.39, 0.29) is 0 Å². The third-order valence-electron chi connectivity index (χ3n) is 4.30. The summed E-state index contributed by atoms with van der Waals surface area (Å²) >= 11 is 0. The van der Waals surface area contributed by atoms with Crippen LogP contribution in [0.3, 0.4) is 0 Å². The molecule has 0 aromatic heterocycles. The third kappa shape index (κ3) is 19.0. The SMILES string of the molecule is CCCCCCCC/C=C\CCCCCCCC(OC(C)=O)OC(C)=O. The van der Waals surface area contributed by atoms with E-state index in [0.29, 0.717) is 6.42 Å². The fraction of sp³-hybridized carbons (Fsp3) is 0.818. The van der Waals surface area contributed by atoms with Crippen LogP contribution in [0.2, 0.25) is 0 Å². The van der Waals surface area contributed by atoms with Gasteiger partial charge in [-0.05, 0) is 32.1 Å². The smallest absolute Gasteiger partial charge is 0.305 e. The lowest BCUT2D eigenvalue weighted by Crippen LogP contribution is -2.22. The minimum atomic E-state index is -0.727. The molecule has 0 N–H and O–H groups in total. The Labute approximate surface area is 160 Å². The molecule has 0 atom stereocenters. The number of unbranched alkanes of at least 4 members (excludes halogenated alkanes) is 11. The number of carbonyl (C=O) groups is 2. The highest BCUT2D eigenvalue weighted by Gasteiger charge is 2.14. The molecule has 0 aromatic carbocycles. The topological polar surface area (TPSA) is 52.6 Å². The summed E-state index contributed by atoms with van der Waals surface area (Å²) in [6, 6.07) is 0. The second-order valence-electron chi connectivity index (χ2n) is 7.02. The molecular weight excluding hydrogens is 328 g/mol. The molecule has 0 rings (SSSR count). The van der Waals surface area contributed by atoms with Crippen LogP contribution in [0.25, 0.3) is 0 Å². The van der Waals surface area contributed by atoms with Crippen LogP contribution in [0.5, 0.6) is 0 Å². The molecule has 0 spiro atoms. The number of hydrogen-bond donors (Lipinski definition) is 0. The summed E-state index contributed by atoms with van der Waals surface area (Å²) in [7, 11) is 0. The van der Waals surface area contributed by atoms with Crippen molar-refractivity contribution in [1.29, 1.82) is 0 Å². The first-order valence-corrected chi connectivity index (χ1v) is 10.6. The van der Waals surface area contributed by atoms with Gasteiger partial charge in [0.15, 0.2) is 0 Å². The minimum absolute atomic E-state index is 0.413. The lowest BCUT2D eigenvalue weighted by Gasteiger charge is -2.16. The molecule has 0 amide bonds. The van der Waals surface area contributed by atoms with Crippen molar-refractivity contribution in [3.63, 3.8) is 0 Å². The van der Waals surface area contributed by atoms with Crippen molar-refractivity contribution >= 4 is 11.9 Å². The molecule has 0 aromatic rings. The first-order chi connectivity index (χ1) is 12.6. The largest absolute Gasteiger partial charge is 0.425 e. The van der Waals surface area contributed by atoms with Crippen molar-refractivity contribution in [2.45, 2.75) is 117 Å². The Morgan fingerprint density at radius 2 is 1.12 bits per heavy atom. The lowest BCUT2D eigenvalue weighted by molar-refractivity contribution is -0.186. The first-order valence-electron chi connectivity index (χ1n) is 10.6. The predicted octanol–water partition coefficient (Wildman–Crippen LogP) is 6.48. The van der Waals surface area contributed by atoms with Gasteiger partial charge in [-0.25, -0.2) is 0 Å². The van der Waals surface area contributed by atoms with Gasteiger partial charge in [-0.1, -0.05) is 70.4 Å². The van der Waals surface area contributed by atoms with Gasteiger partial charge in [-0.3, -0.25) is 9.59 Å². The van der Waals surface area contributed by atoms with Crippen LogP contribution in [0.15, 0.2) is 12.2 Å². The van der Waals surface area contributed by atoms with Crippen LogP contribution < -0.4 is 0 Å². The number of hydrogen-bond acceptors (Lipinski definition) is 4. The molecule has 26 heavy (non-hydrogen) atoms. The van der Waals surface area contributed by atoms with Gasteiger partial charge in [0.25, 0.3) is 0 Å². The van der Waals surface area contributed by atoms with Crippen LogP contribution in [-0.2, 0) is 19.1 Å². The van der Waals surface area contributed by atoms with E-state index in [1.807, 2.05) is 0 Å². The molecule has 0 saturated heterocycles. The van der Waals surface area contributed by atoms with Crippen LogP contribution in [0.4, 0.5) is 0 Å². The highest BCUT2D eigenvalue weighted by atomic mass is 16.7. The number of carbonyl (C=O) groups excluding carboxylic acids is 2. The molecule has 0 unspecified atom stereocenters. The Hall–Kier alpha value is -1.32. The molecule has 0 aliphatic carbocycles. The molecule has 0 aliphatic rings. The molecule has 0 bridgehead atoms. The van der Waals surface area contributed by atoms with Crippen LogP contribution >= 0.6 is 0 Å². The maximum atomic E-state index is 11.0. The molecule has 4 heteroatoms. The van der Waals surface area contributed by atoms with Gasteiger partial charge in [0, 0.05) is 20.3 Å². The second kappa shape index (κ2) is 18.5. The highest BCUT2D eigenvalue weighted by Crippen LogP contribution is 2.12. The number of rotatable bonds is 17. The van der Waals surface area contributed by atoms with E-state index < -0.39 is 18.2 Å². The fourth-order valence-corrected chi connectivity index (χ4v) is 2.89. The molecule has 0 fully saturated rings. The van der Waals surface area contributed by atoms with Crippen molar-refractivity contribution in [2.24, 2.45) is 0 Å². The quantitative estimate of drug-likeness (QED) is 0.128. The van der Waals surface area contributed by atoms with Gasteiger partial charge in [0.2, 0.25) is 6.29 Å². The predicted molar refractivity (Wildman–Crippen MR) is 107 cm³/mol. The monoisotopic (exact) mass is 368 g/mol. The average Bonchev–Trinajstić information content (AvgIpc) is 2.57. The van der Waals surface area contributed by atoms with Crippen molar-refractivity contribution in [3.05, 3.63) is 12.2 Å². The Balaban J connectivity index is 3.44. The van der Waals surface area contributed by atoms with E-state index in [4.69, 9.17) is 9.47 Å². The molecule has 0 saturated carbocycles. The summed E-state index contributed by atoms with van der Waals surface area (Å²) in [5.74, 6) is -0.826. The summed E-state index contributed by atoms with van der Waals surface area (Å²) in [6.45, 7) is 4.92. The van der Waals surface area contributed by atoms with Gasteiger partial charge in [0.05, 0.1) is 0 Å². The van der Waals surface area contributed by atoms with Gasteiger partial charge in [-0.15, -0.1) is 0 Å². The fourth-order valence-electron chi connectivity index (χ4n) is 2.89. The minimum Gasteiger partial charge on any atom is -0.425 e. The maximum Gasteiger partial charge on any atom is 0.305 e. The zero-order chi connectivity index (χ0) is 19.5. The summed E-state index contributed by atoms with van der Waals surface area (Å²) in [4.78, 5) is 22.0. The van der Waals surface area contributed by atoms with E-state index in [2.05, 4.69) is 19.1 Å². The zero-order valence-corrected chi connectivity index (χ0v) is 17.3. The van der Waals surface area contributed by atoms with Crippen molar-refractivity contribution < 1.29 is 19.1 Å². The van der Waals surface area contributed by atoms with Gasteiger partial charge in [0.1, 0.15) is 0 Å². The van der Waals surface area contributed by atoms with E-state index in [0.717, 1.165) is 19.3 Å². The molecule has 0 aliphatic heterocycles. The molecule has 0 heterocycles. The summed E-state index contributed by atoms with van der Waals surface area (Å²) < 4.78 is 9.98. The average molecular weight is 369 g/mol. The third-order valence-corrected chi connectivity index (χ3v) is 4.30. The summed E-state index contributed by atoms with van der Waals surface area (Å²) in [6.07, 6.45) is 20.6. The van der Waals surface area contributed by atoms with Crippen LogP contribution in [0, 0.1) is 0 Å².